The fourth-order valence-corrected chi connectivity index (χ4v) is 4.01. The van der Waals surface area contributed by atoms with Gasteiger partial charge >= 0.3 is 6.16 Å². The fourth-order valence-electron chi connectivity index (χ4n) is 4.01. The minimum Gasteiger partial charge on any atom is -0.434 e. The van der Waals surface area contributed by atoms with Crippen molar-refractivity contribution in [1.29, 1.82) is 0 Å². The fraction of sp³-hybridized carbons (Fsp3) is 0.130. The molecule has 1 N–H and O–H groups in total. The lowest BCUT2D eigenvalue weighted by molar-refractivity contribution is 0.0948. The van der Waals surface area contributed by atoms with Crippen molar-refractivity contribution in [3.8, 4) is 5.75 Å². The second-order valence-corrected chi connectivity index (χ2v) is 6.92. The van der Waals surface area contributed by atoms with E-state index in [1.54, 1.807) is 12.1 Å². The highest BCUT2D eigenvalue weighted by Crippen LogP contribution is 2.43. The topological polar surface area (TPSA) is 64.6 Å². The number of hydrogen-bond donors (Lipinski definition) is 1. The number of nitrogens with one attached hydrogen (secondary N) is 1. The third-order valence-electron chi connectivity index (χ3n) is 5.36. The minimum atomic E-state index is -0.796. The van der Waals surface area contributed by atoms with Gasteiger partial charge in [-0.1, -0.05) is 54.6 Å². The maximum atomic E-state index is 12.8. The molecule has 0 saturated carbocycles. The van der Waals surface area contributed by atoms with E-state index in [0.717, 1.165) is 22.3 Å². The Morgan fingerprint density at radius 3 is 2.25 bits per heavy atom. The Morgan fingerprint density at radius 1 is 0.821 bits per heavy atom. The number of hydrogen-bond acceptors (Lipinski definition) is 4. The predicted octanol–water partition coefficient (Wildman–Crippen LogP) is 3.79. The van der Waals surface area contributed by atoms with Gasteiger partial charge in [0.2, 0.25) is 0 Å². The van der Waals surface area contributed by atoms with Crippen LogP contribution in [0.4, 0.5) is 4.79 Å². The summed E-state index contributed by atoms with van der Waals surface area (Å²) in [6, 6.07) is 22.8. The van der Waals surface area contributed by atoms with E-state index in [9.17, 15) is 9.59 Å². The number of carbonyl (C=O) groups is 2. The molecule has 0 fully saturated rings. The summed E-state index contributed by atoms with van der Waals surface area (Å²) >= 11 is 0. The first-order valence-electron chi connectivity index (χ1n) is 9.13. The van der Waals surface area contributed by atoms with Crippen LogP contribution in [0.2, 0.25) is 0 Å². The predicted molar refractivity (Wildman–Crippen MR) is 102 cm³/mol. The first-order valence-corrected chi connectivity index (χ1v) is 9.13. The summed E-state index contributed by atoms with van der Waals surface area (Å²) in [5.41, 5.74) is 3.67. The number of amides is 1. The van der Waals surface area contributed by atoms with Gasteiger partial charge in [-0.25, -0.2) is 4.79 Å². The van der Waals surface area contributed by atoms with Gasteiger partial charge in [0.05, 0.1) is 6.61 Å². The van der Waals surface area contributed by atoms with E-state index < -0.39 is 11.7 Å². The molecule has 0 aliphatic carbocycles. The number of rotatable bonds is 0. The van der Waals surface area contributed by atoms with Gasteiger partial charge in [0.25, 0.3) is 5.91 Å². The zero-order valence-electron chi connectivity index (χ0n) is 15.0. The maximum Gasteiger partial charge on any atom is 0.513 e. The largest absolute Gasteiger partial charge is 0.513 e. The molecule has 138 valence electrons. The number of fused-ring (bicyclic) bond motifs is 1. The number of carbonyl (C=O) groups excluding carboxylic acids is 2. The van der Waals surface area contributed by atoms with E-state index in [2.05, 4.69) is 5.32 Å². The zero-order valence-corrected chi connectivity index (χ0v) is 15.0. The van der Waals surface area contributed by atoms with Crippen molar-refractivity contribution in [2.75, 3.05) is 6.61 Å². The Balaban J connectivity index is 1.76. The standard InChI is InChI=1S/C23H17NO4/c25-21-19-3-1-2-4-20(19)23(24-21)16-7-5-15(6-8-16)13-14-27-22(26)28-18-11-9-17(23)10-12-18/h1-12H,13-14H2,(H,24,25). The van der Waals surface area contributed by atoms with Crippen molar-refractivity contribution >= 4 is 12.1 Å². The quantitative estimate of drug-likeness (QED) is 0.482. The van der Waals surface area contributed by atoms with E-state index in [4.69, 9.17) is 9.47 Å². The second kappa shape index (κ2) is 6.23. The highest BCUT2D eigenvalue weighted by molar-refractivity contribution is 6.01. The molecule has 1 unspecified atom stereocenters. The molecule has 5 aliphatic heterocycles. The molecule has 0 radical (unpaired) electrons. The van der Waals surface area contributed by atoms with Gasteiger partial charge in [0, 0.05) is 12.0 Å². The molecular weight excluding hydrogens is 354 g/mol. The van der Waals surface area contributed by atoms with Crippen molar-refractivity contribution in [3.63, 3.8) is 0 Å². The van der Waals surface area contributed by atoms with Gasteiger partial charge in [-0.05, 0) is 40.5 Å². The Kier molecular flexibility index (Phi) is 3.69. The molecule has 3 aromatic carbocycles. The zero-order chi connectivity index (χ0) is 19.1. The van der Waals surface area contributed by atoms with Crippen molar-refractivity contribution in [1.82, 2.24) is 5.32 Å². The lowest BCUT2D eigenvalue weighted by Gasteiger charge is -2.32. The van der Waals surface area contributed by atoms with E-state index in [1.165, 1.54) is 0 Å². The highest BCUT2D eigenvalue weighted by Gasteiger charge is 2.45. The molecule has 4 bridgehead atoms. The lowest BCUT2D eigenvalue weighted by atomic mass is 9.77. The molecule has 3 aromatic rings. The molecule has 0 saturated heterocycles. The molecule has 28 heavy (non-hydrogen) atoms. The average molecular weight is 371 g/mol. The normalized spacial score (nSPS) is 20.3. The molecule has 8 rings (SSSR count). The SMILES string of the molecule is O=C1OCCc2ccc(cc2)C2(NC(=O)c3ccccc32)c2ccc(cc2)O1. The summed E-state index contributed by atoms with van der Waals surface area (Å²) in [5, 5.41) is 3.21. The van der Waals surface area contributed by atoms with Crippen LogP contribution in [-0.2, 0) is 16.7 Å². The maximum absolute atomic E-state index is 12.8. The first-order chi connectivity index (χ1) is 13.7. The molecular formula is C23H17NO4. The second-order valence-electron chi connectivity index (χ2n) is 6.92. The van der Waals surface area contributed by atoms with Gasteiger partial charge in [-0.2, -0.15) is 0 Å². The van der Waals surface area contributed by atoms with Crippen LogP contribution in [-0.4, -0.2) is 18.7 Å². The smallest absolute Gasteiger partial charge is 0.434 e. The van der Waals surface area contributed by atoms with Crippen LogP contribution in [0.5, 0.6) is 5.75 Å². The summed E-state index contributed by atoms with van der Waals surface area (Å²) in [5.74, 6) is 0.289. The summed E-state index contributed by atoms with van der Waals surface area (Å²) in [6.07, 6.45) is -0.140. The Labute approximate surface area is 161 Å². The molecule has 5 heterocycles. The van der Waals surface area contributed by atoms with E-state index in [-0.39, 0.29) is 12.5 Å². The van der Waals surface area contributed by atoms with Crippen LogP contribution < -0.4 is 10.1 Å². The molecule has 5 aliphatic rings. The highest BCUT2D eigenvalue weighted by atomic mass is 16.7. The van der Waals surface area contributed by atoms with Crippen molar-refractivity contribution in [2.45, 2.75) is 12.0 Å². The van der Waals surface area contributed by atoms with Gasteiger partial charge in [0.1, 0.15) is 11.3 Å². The van der Waals surface area contributed by atoms with Crippen LogP contribution in [0.15, 0.2) is 72.8 Å². The van der Waals surface area contributed by atoms with Crippen LogP contribution >= 0.6 is 0 Å². The van der Waals surface area contributed by atoms with E-state index >= 15 is 0 Å². The Bertz CT molecular complexity index is 1070. The summed E-state index contributed by atoms with van der Waals surface area (Å²) in [4.78, 5) is 24.6. The number of ether oxygens (including phenoxy) is 2. The molecule has 1 amide bonds. The molecule has 0 aromatic heterocycles. The van der Waals surface area contributed by atoms with Crippen LogP contribution in [0.1, 0.15) is 32.6 Å². The Hall–Kier alpha value is -3.60. The number of benzene rings is 3. The molecule has 1 spiro atoms. The van der Waals surface area contributed by atoms with Gasteiger partial charge in [0.15, 0.2) is 0 Å². The van der Waals surface area contributed by atoms with Gasteiger partial charge < -0.3 is 14.8 Å². The van der Waals surface area contributed by atoms with E-state index in [0.29, 0.717) is 17.7 Å². The third kappa shape index (κ3) is 2.47. The summed E-state index contributed by atoms with van der Waals surface area (Å²) < 4.78 is 10.4. The summed E-state index contributed by atoms with van der Waals surface area (Å²) in [6.45, 7) is 0.237. The van der Waals surface area contributed by atoms with Gasteiger partial charge in [-0.3, -0.25) is 4.79 Å². The van der Waals surface area contributed by atoms with Gasteiger partial charge in [-0.15, -0.1) is 0 Å². The van der Waals surface area contributed by atoms with Crippen molar-refractivity contribution in [2.24, 2.45) is 0 Å². The third-order valence-corrected chi connectivity index (χ3v) is 5.36. The van der Waals surface area contributed by atoms with E-state index in [1.807, 2.05) is 60.7 Å². The monoisotopic (exact) mass is 371 g/mol. The molecule has 5 heteroatoms. The molecule has 1 atom stereocenters. The van der Waals surface area contributed by atoms with Crippen molar-refractivity contribution in [3.05, 3.63) is 101 Å². The summed E-state index contributed by atoms with van der Waals surface area (Å²) in [7, 11) is 0. The minimum absolute atomic E-state index is 0.107. The van der Waals surface area contributed by atoms with Crippen LogP contribution in [0.25, 0.3) is 0 Å². The van der Waals surface area contributed by atoms with Crippen LogP contribution in [0.3, 0.4) is 0 Å². The molecule has 5 nitrogen and oxygen atoms in total. The first kappa shape index (κ1) is 16.6. The van der Waals surface area contributed by atoms with Crippen LogP contribution in [0, 0.1) is 0 Å². The Morgan fingerprint density at radius 2 is 1.50 bits per heavy atom. The van der Waals surface area contributed by atoms with Crippen molar-refractivity contribution < 1.29 is 19.1 Å². The lowest BCUT2D eigenvalue weighted by Crippen LogP contribution is -2.41. The average Bonchev–Trinajstić information content (AvgIpc) is 3.03.